The second kappa shape index (κ2) is 14.5. The van der Waals surface area contributed by atoms with Crippen LogP contribution in [0.3, 0.4) is 0 Å². The van der Waals surface area contributed by atoms with Gasteiger partial charge in [-0.3, -0.25) is 0 Å². The van der Waals surface area contributed by atoms with Crippen molar-refractivity contribution in [3.63, 3.8) is 0 Å². The summed E-state index contributed by atoms with van der Waals surface area (Å²) in [5.74, 6) is 0. The Labute approximate surface area is 410 Å². The molecule has 0 saturated carbocycles. The maximum absolute atomic E-state index is 4.70. The number of hydrogen-bond donors (Lipinski definition) is 1. The molecule has 3 nitrogen and oxygen atoms in total. The average molecular weight is 910 g/mol. The molecule has 8 aromatic carbocycles. The van der Waals surface area contributed by atoms with Crippen LogP contribution in [0.15, 0.2) is 158 Å². The van der Waals surface area contributed by atoms with Crippen LogP contribution in [0.1, 0.15) is 88.8 Å². The molecule has 69 heavy (non-hydrogen) atoms. The van der Waals surface area contributed by atoms with Gasteiger partial charge in [0.1, 0.15) is 0 Å². The van der Waals surface area contributed by atoms with E-state index >= 15 is 0 Å². The van der Waals surface area contributed by atoms with Crippen molar-refractivity contribution in [1.29, 1.82) is 0 Å². The van der Waals surface area contributed by atoms with Crippen LogP contribution in [0.5, 0.6) is 0 Å². The van der Waals surface area contributed by atoms with Crippen LogP contribution in [0.2, 0.25) is 0 Å². The first-order valence-electron chi connectivity index (χ1n) is 24.5. The van der Waals surface area contributed by atoms with Crippen LogP contribution in [-0.4, -0.2) is 18.9 Å². The molecule has 2 aliphatic heterocycles. The number of benzene rings is 8. The summed E-state index contributed by atoms with van der Waals surface area (Å²) in [6.07, 6.45) is 2.26. The summed E-state index contributed by atoms with van der Waals surface area (Å²) in [6.45, 7) is 23.3. The highest BCUT2D eigenvalue weighted by Gasteiger charge is 2.37. The van der Waals surface area contributed by atoms with Crippen molar-refractivity contribution in [3.8, 4) is 27.9 Å². The second-order valence-electron chi connectivity index (χ2n) is 22.5. The Morgan fingerprint density at radius 3 is 2.07 bits per heavy atom. The molecule has 0 amide bonds. The van der Waals surface area contributed by atoms with E-state index in [-0.39, 0.29) is 16.2 Å². The Morgan fingerprint density at radius 1 is 0.580 bits per heavy atom. The standard InChI is InChI=1S/C64H56BN3S/c1-36-28-54(37-16-12-11-13-17-37)67(10)55-35-57-52(32-44(36)55)65-60-42(25-26-43-47-31-51-45(33-56(47)68(57)61(43)60)41-18-14-15-19-50(41)64(51,8)9)46-30-49-48-29-39(63(5,6)7)22-27-58(48)69-59(49)34-53(46)66-40-23-20-38(21-24-40)62(2,3)4/h11-35,65-66H,1H2,2-10H3. The summed E-state index contributed by atoms with van der Waals surface area (Å²) in [4.78, 5) is 2.36. The fourth-order valence-electron chi connectivity index (χ4n) is 11.9. The van der Waals surface area contributed by atoms with Gasteiger partial charge in [0.25, 0.3) is 0 Å². The van der Waals surface area contributed by atoms with E-state index in [1.54, 1.807) is 0 Å². The van der Waals surface area contributed by atoms with E-state index in [4.69, 9.17) is 6.58 Å². The lowest BCUT2D eigenvalue weighted by Crippen LogP contribution is -2.38. The zero-order valence-electron chi connectivity index (χ0n) is 41.2. The monoisotopic (exact) mass is 909 g/mol. The van der Waals surface area contributed by atoms with Crippen molar-refractivity contribution < 1.29 is 0 Å². The van der Waals surface area contributed by atoms with E-state index in [2.05, 4.69) is 229 Å². The fraction of sp³-hybridized carbons (Fsp3) is 0.188. The smallest absolute Gasteiger partial charge is 0.198 e. The summed E-state index contributed by atoms with van der Waals surface area (Å²) in [7, 11) is 3.00. The van der Waals surface area contributed by atoms with Gasteiger partial charge in [0, 0.05) is 82.8 Å². The molecule has 13 rings (SSSR count). The van der Waals surface area contributed by atoms with Gasteiger partial charge in [-0.1, -0.05) is 158 Å². The third kappa shape index (κ3) is 6.25. The number of fused-ring (bicyclic) bond motifs is 12. The van der Waals surface area contributed by atoms with E-state index in [1.807, 2.05) is 11.3 Å². The molecule has 10 aromatic rings. The van der Waals surface area contributed by atoms with Crippen molar-refractivity contribution in [2.45, 2.75) is 71.6 Å². The molecule has 1 N–H and O–H groups in total. The van der Waals surface area contributed by atoms with Gasteiger partial charge in [-0.05, 0) is 127 Å². The number of allylic oxidation sites excluding steroid dienone is 2. The summed E-state index contributed by atoms with van der Waals surface area (Å²) >= 11 is 1.89. The molecule has 1 aliphatic carbocycles. The summed E-state index contributed by atoms with van der Waals surface area (Å²) in [5.41, 5.74) is 25.0. The van der Waals surface area contributed by atoms with Crippen LogP contribution >= 0.6 is 11.3 Å². The Kier molecular flexibility index (Phi) is 8.83. The fourth-order valence-corrected chi connectivity index (χ4v) is 13.0. The third-order valence-corrected chi connectivity index (χ3v) is 16.9. The number of aromatic nitrogens is 1. The highest BCUT2D eigenvalue weighted by atomic mass is 32.1. The SMILES string of the molecule is C=C1C=C(c2ccccc2)N(C)c2cc3c(cc21)Bc1c(-c2cc4c(cc2Nc2ccc(C(C)(C)C)cc2)sc2ccc(C(C)(C)C)cc24)ccc2c4cc5c(cc4n-3c12)-c1ccccc1C5(C)C. The molecule has 3 aliphatic rings. The predicted molar refractivity (Wildman–Crippen MR) is 302 cm³/mol. The zero-order valence-corrected chi connectivity index (χ0v) is 42.0. The molecule has 0 fully saturated rings. The zero-order chi connectivity index (χ0) is 47.5. The molecular formula is C64H56BN3S. The van der Waals surface area contributed by atoms with Gasteiger partial charge in [-0.15, -0.1) is 11.3 Å². The van der Waals surface area contributed by atoms with E-state index in [9.17, 15) is 0 Å². The molecule has 5 heteroatoms. The predicted octanol–water partition coefficient (Wildman–Crippen LogP) is 15.7. The number of thiophene rings is 1. The Hall–Kier alpha value is -7.08. The van der Waals surface area contributed by atoms with Crippen LogP contribution in [0.4, 0.5) is 17.1 Å². The van der Waals surface area contributed by atoms with Crippen molar-refractivity contribution in [2.75, 3.05) is 17.3 Å². The molecular weight excluding hydrogens is 854 g/mol. The number of anilines is 3. The summed E-state index contributed by atoms with van der Waals surface area (Å²) < 4.78 is 5.23. The maximum atomic E-state index is 4.70. The summed E-state index contributed by atoms with van der Waals surface area (Å²) in [5, 5.41) is 9.23. The van der Waals surface area contributed by atoms with Crippen molar-refractivity contribution in [3.05, 3.63) is 192 Å². The Bertz CT molecular complexity index is 3900. The lowest BCUT2D eigenvalue weighted by Gasteiger charge is -2.33. The Balaban J connectivity index is 1.09. The molecule has 0 spiro atoms. The minimum Gasteiger partial charge on any atom is -0.355 e. The van der Waals surface area contributed by atoms with E-state index in [1.165, 1.54) is 120 Å². The van der Waals surface area contributed by atoms with Crippen molar-refractivity contribution in [2.24, 2.45) is 0 Å². The van der Waals surface area contributed by atoms with Crippen LogP contribution in [0.25, 0.3) is 81.2 Å². The lowest BCUT2D eigenvalue weighted by molar-refractivity contribution is 0.590. The van der Waals surface area contributed by atoms with Gasteiger partial charge < -0.3 is 14.8 Å². The molecule has 4 heterocycles. The van der Waals surface area contributed by atoms with E-state index < -0.39 is 0 Å². The molecule has 2 aromatic heterocycles. The lowest BCUT2D eigenvalue weighted by atomic mass is 9.58. The Morgan fingerprint density at radius 2 is 1.30 bits per heavy atom. The van der Waals surface area contributed by atoms with Gasteiger partial charge in [-0.25, -0.2) is 0 Å². The average Bonchev–Trinajstić information content (AvgIpc) is 3.93. The molecule has 336 valence electrons. The van der Waals surface area contributed by atoms with Gasteiger partial charge in [0.05, 0.1) is 11.2 Å². The van der Waals surface area contributed by atoms with E-state index in [0.29, 0.717) is 0 Å². The molecule has 0 radical (unpaired) electrons. The number of rotatable bonds is 4. The van der Waals surface area contributed by atoms with Crippen LogP contribution in [0, 0.1) is 0 Å². The summed E-state index contributed by atoms with van der Waals surface area (Å²) in [6, 6.07) is 55.6. The minimum absolute atomic E-state index is 0.0394. The normalized spacial score (nSPS) is 14.8. The molecule has 0 atom stereocenters. The molecule has 0 saturated heterocycles. The maximum Gasteiger partial charge on any atom is 0.198 e. The second-order valence-corrected chi connectivity index (χ2v) is 23.6. The first-order chi connectivity index (χ1) is 33.0. The number of nitrogens with zero attached hydrogens (tertiary/aromatic N) is 2. The van der Waals surface area contributed by atoms with Crippen molar-refractivity contribution >= 4 is 99.9 Å². The van der Waals surface area contributed by atoms with Gasteiger partial charge in [0.15, 0.2) is 7.28 Å². The largest absolute Gasteiger partial charge is 0.355 e. The van der Waals surface area contributed by atoms with E-state index in [0.717, 1.165) is 29.9 Å². The first kappa shape index (κ1) is 42.1. The van der Waals surface area contributed by atoms with Gasteiger partial charge in [-0.2, -0.15) is 0 Å². The number of nitrogens with one attached hydrogen (secondary N) is 1. The quantitative estimate of drug-likeness (QED) is 0.178. The molecule has 0 unspecified atom stereocenters. The topological polar surface area (TPSA) is 20.2 Å². The highest BCUT2D eigenvalue weighted by molar-refractivity contribution is 7.25. The van der Waals surface area contributed by atoms with Crippen LogP contribution in [-0.2, 0) is 16.2 Å². The third-order valence-electron chi connectivity index (χ3n) is 15.8. The highest BCUT2D eigenvalue weighted by Crippen LogP contribution is 2.52. The van der Waals surface area contributed by atoms with Gasteiger partial charge in [0.2, 0.25) is 0 Å². The van der Waals surface area contributed by atoms with Crippen molar-refractivity contribution in [1.82, 2.24) is 4.57 Å². The van der Waals surface area contributed by atoms with Gasteiger partial charge >= 0.3 is 0 Å². The minimum atomic E-state index is -0.116. The van der Waals surface area contributed by atoms with Crippen LogP contribution < -0.4 is 21.1 Å². The first-order valence-corrected chi connectivity index (χ1v) is 25.4. The molecule has 0 bridgehead atoms. The number of hydrogen-bond acceptors (Lipinski definition) is 3.